The van der Waals surface area contributed by atoms with Crippen molar-refractivity contribution < 1.29 is 28.6 Å². The fraction of sp³-hybridized carbons (Fsp3) is 0.318. The van der Waals surface area contributed by atoms with E-state index in [1.807, 2.05) is 25.1 Å². The van der Waals surface area contributed by atoms with Crippen LogP contribution in [0.4, 0.5) is 5.69 Å². The maximum absolute atomic E-state index is 12.6. The third kappa shape index (κ3) is 4.40. The van der Waals surface area contributed by atoms with Gasteiger partial charge in [-0.1, -0.05) is 24.3 Å². The van der Waals surface area contributed by atoms with Crippen molar-refractivity contribution in [1.82, 2.24) is 10.9 Å². The van der Waals surface area contributed by atoms with Gasteiger partial charge in [-0.3, -0.25) is 25.2 Å². The van der Waals surface area contributed by atoms with Crippen molar-refractivity contribution in [2.45, 2.75) is 19.4 Å². The number of fused-ring (bicyclic) bond motifs is 1. The highest BCUT2D eigenvalue weighted by atomic mass is 16.6. The van der Waals surface area contributed by atoms with Crippen LogP contribution in [0.1, 0.15) is 13.3 Å². The molecule has 0 unspecified atom stereocenters. The average Bonchev–Trinajstić information content (AvgIpc) is 3.19. The maximum atomic E-state index is 12.6. The van der Waals surface area contributed by atoms with Gasteiger partial charge < -0.3 is 19.1 Å². The highest BCUT2D eigenvalue weighted by molar-refractivity contribution is 6.01. The predicted octanol–water partition coefficient (Wildman–Crippen LogP) is 1.43. The van der Waals surface area contributed by atoms with Gasteiger partial charge in [0.25, 0.3) is 5.91 Å². The molecule has 4 rings (SSSR count). The van der Waals surface area contributed by atoms with Crippen molar-refractivity contribution in [2.24, 2.45) is 5.92 Å². The fourth-order valence-corrected chi connectivity index (χ4v) is 3.53. The van der Waals surface area contributed by atoms with E-state index >= 15 is 0 Å². The Bertz CT molecular complexity index is 995. The smallest absolute Gasteiger partial charge is 0.283 e. The quantitative estimate of drug-likeness (QED) is 0.702. The van der Waals surface area contributed by atoms with E-state index in [9.17, 15) is 14.4 Å². The summed E-state index contributed by atoms with van der Waals surface area (Å²) in [5.74, 6) is -0.160. The van der Waals surface area contributed by atoms with Gasteiger partial charge in [0, 0.05) is 13.0 Å². The van der Waals surface area contributed by atoms with Crippen LogP contribution >= 0.6 is 0 Å². The van der Waals surface area contributed by atoms with Gasteiger partial charge in [-0.15, -0.1) is 0 Å². The number of nitrogens with one attached hydrogen (secondary N) is 2. The van der Waals surface area contributed by atoms with Gasteiger partial charge in [-0.25, -0.2) is 0 Å². The molecule has 0 radical (unpaired) electrons. The first kappa shape index (κ1) is 20.5. The number of para-hydroxylation sites is 4. The predicted molar refractivity (Wildman–Crippen MR) is 111 cm³/mol. The molecule has 2 aliphatic rings. The van der Waals surface area contributed by atoms with Gasteiger partial charge in [0.15, 0.2) is 11.5 Å². The van der Waals surface area contributed by atoms with Gasteiger partial charge in [0.1, 0.15) is 12.4 Å². The Morgan fingerprint density at radius 1 is 1.06 bits per heavy atom. The SMILES string of the molecule is CCOc1ccccc1N1C[C@@H](C(=O)NNC(=O)[C@@H]2COc3ccccc3O2)CC1=O. The number of amides is 3. The van der Waals surface area contributed by atoms with Crippen LogP contribution < -0.4 is 30.0 Å². The summed E-state index contributed by atoms with van der Waals surface area (Å²) in [5, 5.41) is 0. The van der Waals surface area contributed by atoms with E-state index in [4.69, 9.17) is 14.2 Å². The van der Waals surface area contributed by atoms with Gasteiger partial charge in [0.2, 0.25) is 17.9 Å². The molecule has 1 fully saturated rings. The molecule has 0 spiro atoms. The van der Waals surface area contributed by atoms with E-state index in [0.717, 1.165) is 0 Å². The summed E-state index contributed by atoms with van der Waals surface area (Å²) in [6, 6.07) is 14.2. The van der Waals surface area contributed by atoms with Gasteiger partial charge >= 0.3 is 0 Å². The minimum atomic E-state index is -0.894. The highest BCUT2D eigenvalue weighted by Gasteiger charge is 2.37. The van der Waals surface area contributed by atoms with Crippen LogP contribution in [0.2, 0.25) is 0 Å². The molecule has 9 heteroatoms. The molecule has 2 N–H and O–H groups in total. The zero-order chi connectivity index (χ0) is 21.8. The van der Waals surface area contributed by atoms with E-state index in [-0.39, 0.29) is 25.5 Å². The number of hydrogen-bond acceptors (Lipinski definition) is 6. The largest absolute Gasteiger partial charge is 0.492 e. The Hall–Kier alpha value is -3.75. The number of nitrogens with zero attached hydrogens (tertiary/aromatic N) is 1. The van der Waals surface area contributed by atoms with E-state index in [1.165, 1.54) is 4.90 Å². The van der Waals surface area contributed by atoms with Crippen molar-refractivity contribution in [1.29, 1.82) is 0 Å². The molecule has 0 aromatic heterocycles. The van der Waals surface area contributed by atoms with Gasteiger partial charge in [-0.2, -0.15) is 0 Å². The average molecular weight is 425 g/mol. The number of hydrazine groups is 1. The second-order valence-electron chi connectivity index (χ2n) is 7.15. The minimum Gasteiger partial charge on any atom is -0.492 e. The maximum Gasteiger partial charge on any atom is 0.283 e. The zero-order valence-corrected chi connectivity index (χ0v) is 17.0. The molecule has 2 aromatic carbocycles. The van der Waals surface area contributed by atoms with E-state index in [2.05, 4.69) is 10.9 Å². The Balaban J connectivity index is 1.33. The molecule has 2 aliphatic heterocycles. The molecule has 9 nitrogen and oxygen atoms in total. The van der Waals surface area contributed by atoms with Crippen LogP contribution in [0.15, 0.2) is 48.5 Å². The molecule has 2 atom stereocenters. The molecule has 0 bridgehead atoms. The first-order valence-electron chi connectivity index (χ1n) is 10.1. The highest BCUT2D eigenvalue weighted by Crippen LogP contribution is 2.33. The van der Waals surface area contributed by atoms with Crippen molar-refractivity contribution >= 4 is 23.4 Å². The van der Waals surface area contributed by atoms with Crippen molar-refractivity contribution in [3.63, 3.8) is 0 Å². The van der Waals surface area contributed by atoms with Crippen LogP contribution in [0.25, 0.3) is 0 Å². The normalized spacial score (nSPS) is 19.6. The molecule has 1 saturated heterocycles. The molecular formula is C22H23N3O6. The lowest BCUT2D eigenvalue weighted by molar-refractivity contribution is -0.136. The van der Waals surface area contributed by atoms with Crippen LogP contribution in [0.5, 0.6) is 17.2 Å². The third-order valence-corrected chi connectivity index (χ3v) is 5.06. The lowest BCUT2D eigenvalue weighted by Crippen LogP contribution is -2.52. The summed E-state index contributed by atoms with van der Waals surface area (Å²) in [7, 11) is 0. The lowest BCUT2D eigenvalue weighted by Gasteiger charge is -2.25. The molecule has 0 aliphatic carbocycles. The Morgan fingerprint density at radius 3 is 2.58 bits per heavy atom. The van der Waals surface area contributed by atoms with Crippen LogP contribution in [0.3, 0.4) is 0 Å². The summed E-state index contributed by atoms with van der Waals surface area (Å²) in [6.45, 7) is 2.55. The van der Waals surface area contributed by atoms with Gasteiger partial charge in [-0.05, 0) is 31.2 Å². The summed E-state index contributed by atoms with van der Waals surface area (Å²) >= 11 is 0. The standard InChI is InChI=1S/C22H23N3O6/c1-2-29-16-8-4-3-7-15(16)25-12-14(11-20(25)26)21(27)23-24-22(28)19-13-30-17-9-5-6-10-18(17)31-19/h3-10,14,19H,2,11-13H2,1H3,(H,23,27)(H,24,28)/t14-,19-/m0/s1. The van der Waals surface area contributed by atoms with E-state index in [0.29, 0.717) is 29.5 Å². The number of carbonyl (C=O) groups excluding carboxylic acids is 3. The van der Waals surface area contributed by atoms with Crippen LogP contribution in [-0.4, -0.2) is 43.6 Å². The summed E-state index contributed by atoms with van der Waals surface area (Å²) in [4.78, 5) is 39.0. The van der Waals surface area contributed by atoms with Crippen molar-refractivity contribution in [2.75, 3.05) is 24.7 Å². The second-order valence-corrected chi connectivity index (χ2v) is 7.15. The number of ether oxygens (including phenoxy) is 3. The topological polar surface area (TPSA) is 106 Å². The molecule has 3 amide bonds. The number of rotatable bonds is 5. The summed E-state index contributed by atoms with van der Waals surface area (Å²) < 4.78 is 16.7. The fourth-order valence-electron chi connectivity index (χ4n) is 3.53. The molecule has 2 aromatic rings. The monoisotopic (exact) mass is 425 g/mol. The second kappa shape index (κ2) is 8.95. The Kier molecular flexibility index (Phi) is 5.92. The Labute approximate surface area is 179 Å². The number of anilines is 1. The first-order chi connectivity index (χ1) is 15.1. The molecular weight excluding hydrogens is 402 g/mol. The van der Waals surface area contributed by atoms with Crippen molar-refractivity contribution in [3.05, 3.63) is 48.5 Å². The van der Waals surface area contributed by atoms with Crippen molar-refractivity contribution in [3.8, 4) is 17.2 Å². The number of benzene rings is 2. The Morgan fingerprint density at radius 2 is 1.77 bits per heavy atom. The zero-order valence-electron chi connectivity index (χ0n) is 17.0. The van der Waals surface area contributed by atoms with Gasteiger partial charge in [0.05, 0.1) is 18.2 Å². The summed E-state index contributed by atoms with van der Waals surface area (Å²) in [6.07, 6.45) is -0.853. The van der Waals surface area contributed by atoms with E-state index < -0.39 is 23.8 Å². The molecule has 162 valence electrons. The number of hydrogen-bond donors (Lipinski definition) is 2. The van der Waals surface area contributed by atoms with Crippen LogP contribution in [0, 0.1) is 5.92 Å². The first-order valence-corrected chi connectivity index (χ1v) is 10.1. The molecule has 31 heavy (non-hydrogen) atoms. The van der Waals surface area contributed by atoms with Crippen LogP contribution in [-0.2, 0) is 14.4 Å². The lowest BCUT2D eigenvalue weighted by atomic mass is 10.1. The molecule has 2 heterocycles. The third-order valence-electron chi connectivity index (χ3n) is 5.06. The number of carbonyl (C=O) groups is 3. The summed E-state index contributed by atoms with van der Waals surface area (Å²) in [5.41, 5.74) is 5.38. The van der Waals surface area contributed by atoms with E-state index in [1.54, 1.807) is 30.3 Å². The minimum absolute atomic E-state index is 0.0304. The molecule has 0 saturated carbocycles.